The van der Waals surface area contributed by atoms with E-state index in [9.17, 15) is 13.2 Å². The van der Waals surface area contributed by atoms with Crippen molar-refractivity contribution in [1.29, 1.82) is 0 Å². The quantitative estimate of drug-likeness (QED) is 0.746. The number of anilines is 1. The minimum absolute atomic E-state index is 0.0557. The fourth-order valence-corrected chi connectivity index (χ4v) is 4.53. The zero-order chi connectivity index (χ0) is 20.0. The molecule has 6 heteroatoms. The van der Waals surface area contributed by atoms with Gasteiger partial charge < -0.3 is 5.32 Å². The average Bonchev–Trinajstić information content (AvgIpc) is 2.60. The summed E-state index contributed by atoms with van der Waals surface area (Å²) in [5, 5.41) is 2.92. The van der Waals surface area contributed by atoms with Gasteiger partial charge in [0.25, 0.3) is 0 Å². The molecule has 0 saturated heterocycles. The summed E-state index contributed by atoms with van der Waals surface area (Å²) in [6.45, 7) is 8.53. The Kier molecular flexibility index (Phi) is 7.16. The molecule has 0 atom stereocenters. The molecule has 1 N–H and O–H groups in total. The van der Waals surface area contributed by atoms with Gasteiger partial charge in [-0.2, -0.15) is 4.31 Å². The van der Waals surface area contributed by atoms with Crippen molar-refractivity contribution in [1.82, 2.24) is 4.31 Å². The first-order valence-corrected chi connectivity index (χ1v) is 10.7. The molecule has 1 amide bonds. The Morgan fingerprint density at radius 2 is 1.52 bits per heavy atom. The molecule has 0 aromatic heterocycles. The fraction of sp³-hybridized carbons (Fsp3) is 0.381. The van der Waals surface area contributed by atoms with E-state index in [4.69, 9.17) is 0 Å². The highest BCUT2D eigenvalue weighted by Gasteiger charge is 2.21. The number of aryl methyl sites for hydroxylation is 3. The molecule has 0 heterocycles. The van der Waals surface area contributed by atoms with E-state index in [2.05, 4.69) is 11.4 Å². The Morgan fingerprint density at radius 1 is 0.963 bits per heavy atom. The highest BCUT2D eigenvalue weighted by atomic mass is 32.2. The molecule has 0 unspecified atom stereocenters. The molecule has 0 fully saturated rings. The first-order chi connectivity index (χ1) is 12.8. The highest BCUT2D eigenvalue weighted by Crippen LogP contribution is 2.18. The largest absolute Gasteiger partial charge is 0.326 e. The smallest absolute Gasteiger partial charge is 0.243 e. The molecule has 2 rings (SSSR count). The average molecular weight is 389 g/mol. The van der Waals surface area contributed by atoms with Crippen LogP contribution in [0.3, 0.4) is 0 Å². The topological polar surface area (TPSA) is 66.5 Å². The zero-order valence-electron chi connectivity index (χ0n) is 16.5. The van der Waals surface area contributed by atoms with Crippen molar-refractivity contribution in [3.05, 3.63) is 59.2 Å². The summed E-state index contributed by atoms with van der Waals surface area (Å²) < 4.78 is 26.4. The van der Waals surface area contributed by atoms with E-state index in [1.54, 1.807) is 24.3 Å². The summed E-state index contributed by atoms with van der Waals surface area (Å²) >= 11 is 0. The molecule has 5 nitrogen and oxygen atoms in total. The lowest BCUT2D eigenvalue weighted by Crippen LogP contribution is -2.30. The molecule has 2 aromatic carbocycles. The van der Waals surface area contributed by atoms with Crippen molar-refractivity contribution < 1.29 is 13.2 Å². The summed E-state index contributed by atoms with van der Waals surface area (Å²) in [7, 11) is -3.44. The molecule has 0 aliphatic rings. The second-order valence-electron chi connectivity index (χ2n) is 6.66. The third-order valence-corrected chi connectivity index (χ3v) is 6.48. The van der Waals surface area contributed by atoms with E-state index in [0.717, 1.165) is 22.4 Å². The predicted molar refractivity (Wildman–Crippen MR) is 109 cm³/mol. The van der Waals surface area contributed by atoms with Crippen molar-refractivity contribution in [2.24, 2.45) is 0 Å². The third kappa shape index (κ3) is 5.65. The number of rotatable bonds is 8. The van der Waals surface area contributed by atoms with Crippen LogP contribution in [0.2, 0.25) is 0 Å². The lowest BCUT2D eigenvalue weighted by Gasteiger charge is -2.18. The molecule has 0 radical (unpaired) electrons. The van der Waals surface area contributed by atoms with Gasteiger partial charge in [0.2, 0.25) is 15.9 Å². The first-order valence-electron chi connectivity index (χ1n) is 9.23. The van der Waals surface area contributed by atoms with Crippen LogP contribution in [0.4, 0.5) is 5.69 Å². The van der Waals surface area contributed by atoms with Crippen LogP contribution < -0.4 is 5.32 Å². The molecule has 0 aliphatic heterocycles. The van der Waals surface area contributed by atoms with Gasteiger partial charge in [-0.3, -0.25) is 4.79 Å². The van der Waals surface area contributed by atoms with Crippen molar-refractivity contribution in [3.8, 4) is 0 Å². The molecular weight excluding hydrogens is 360 g/mol. The van der Waals surface area contributed by atoms with Crippen LogP contribution >= 0.6 is 0 Å². The summed E-state index contributed by atoms with van der Waals surface area (Å²) in [5.74, 6) is -0.0557. The Bertz CT molecular complexity index is 866. The Balaban J connectivity index is 1.97. The number of carbonyl (C=O) groups excluding carboxylic acids is 1. The summed E-state index contributed by atoms with van der Waals surface area (Å²) in [6.07, 6.45) is 0.900. The number of hydrogen-bond donors (Lipinski definition) is 1. The van der Waals surface area contributed by atoms with E-state index in [0.29, 0.717) is 25.9 Å². The molecule has 0 saturated carbocycles. The van der Waals surface area contributed by atoms with Crippen LogP contribution in [0, 0.1) is 13.8 Å². The van der Waals surface area contributed by atoms with E-state index in [1.807, 2.05) is 39.8 Å². The normalized spacial score (nSPS) is 11.6. The van der Waals surface area contributed by atoms with Crippen LogP contribution in [0.25, 0.3) is 0 Å². The number of sulfonamides is 1. The number of carbonyl (C=O) groups is 1. The molecule has 0 bridgehead atoms. The van der Waals surface area contributed by atoms with Crippen LogP contribution in [-0.4, -0.2) is 31.7 Å². The third-order valence-electron chi connectivity index (χ3n) is 4.41. The van der Waals surface area contributed by atoms with Gasteiger partial charge in [-0.05, 0) is 61.2 Å². The fourth-order valence-electron chi connectivity index (χ4n) is 3.07. The molecule has 27 heavy (non-hydrogen) atoms. The van der Waals surface area contributed by atoms with Gasteiger partial charge in [0.15, 0.2) is 0 Å². The Morgan fingerprint density at radius 3 is 2.04 bits per heavy atom. The Hall–Kier alpha value is -2.18. The lowest BCUT2D eigenvalue weighted by molar-refractivity contribution is -0.116. The second kappa shape index (κ2) is 9.15. The van der Waals surface area contributed by atoms with Crippen LogP contribution in [0.1, 0.15) is 37.0 Å². The summed E-state index contributed by atoms with van der Waals surface area (Å²) in [5.41, 5.74) is 3.95. The number of nitrogens with one attached hydrogen (secondary N) is 1. The van der Waals surface area contributed by atoms with Gasteiger partial charge in [-0.1, -0.05) is 32.0 Å². The van der Waals surface area contributed by atoms with Crippen LogP contribution in [0.5, 0.6) is 0 Å². The predicted octanol–water partition coefficient (Wildman–Crippen LogP) is 3.91. The van der Waals surface area contributed by atoms with Crippen molar-refractivity contribution in [3.63, 3.8) is 0 Å². The maximum absolute atomic E-state index is 12.5. The second-order valence-corrected chi connectivity index (χ2v) is 8.60. The van der Waals surface area contributed by atoms with Crippen molar-refractivity contribution in [2.45, 2.75) is 45.4 Å². The lowest BCUT2D eigenvalue weighted by atomic mass is 10.1. The summed E-state index contributed by atoms with van der Waals surface area (Å²) in [6, 6.07) is 12.7. The van der Waals surface area contributed by atoms with Crippen LogP contribution in [-0.2, 0) is 21.2 Å². The number of nitrogens with zero attached hydrogens (tertiary/aromatic N) is 1. The van der Waals surface area contributed by atoms with Crippen LogP contribution in [0.15, 0.2) is 47.4 Å². The molecule has 0 spiro atoms. The Labute approximate surface area is 162 Å². The standard InChI is InChI=1S/C21H28N2O3S/c1-5-23(6-2)27(25,26)20-10-7-18(8-11-20)9-12-21(24)22-19-14-16(3)13-17(4)15-19/h7-8,10-11,13-15H,5-6,9,12H2,1-4H3,(H,22,24). The highest BCUT2D eigenvalue weighted by molar-refractivity contribution is 7.89. The molecule has 0 aliphatic carbocycles. The minimum atomic E-state index is -3.44. The molecule has 146 valence electrons. The SMILES string of the molecule is CCN(CC)S(=O)(=O)c1ccc(CCC(=O)Nc2cc(C)cc(C)c2)cc1. The molecular formula is C21H28N2O3S. The molecule has 2 aromatic rings. The van der Waals surface area contributed by atoms with Gasteiger partial charge in [0.1, 0.15) is 0 Å². The van der Waals surface area contributed by atoms with E-state index >= 15 is 0 Å². The number of hydrogen-bond acceptors (Lipinski definition) is 3. The maximum atomic E-state index is 12.5. The zero-order valence-corrected chi connectivity index (χ0v) is 17.3. The van der Waals surface area contributed by atoms with E-state index < -0.39 is 10.0 Å². The van der Waals surface area contributed by atoms with Crippen molar-refractivity contribution in [2.75, 3.05) is 18.4 Å². The number of benzene rings is 2. The van der Waals surface area contributed by atoms with Gasteiger partial charge in [-0.25, -0.2) is 8.42 Å². The van der Waals surface area contributed by atoms with Crippen molar-refractivity contribution >= 4 is 21.6 Å². The van der Waals surface area contributed by atoms with Gasteiger partial charge in [0, 0.05) is 25.2 Å². The number of amides is 1. The van der Waals surface area contributed by atoms with E-state index in [1.165, 1.54) is 4.31 Å². The van der Waals surface area contributed by atoms with Gasteiger partial charge in [-0.15, -0.1) is 0 Å². The summed E-state index contributed by atoms with van der Waals surface area (Å²) in [4.78, 5) is 12.5. The maximum Gasteiger partial charge on any atom is 0.243 e. The monoisotopic (exact) mass is 388 g/mol. The van der Waals surface area contributed by atoms with Gasteiger partial charge in [0.05, 0.1) is 4.90 Å². The minimum Gasteiger partial charge on any atom is -0.326 e. The van der Waals surface area contributed by atoms with E-state index in [-0.39, 0.29) is 10.8 Å². The first kappa shape index (κ1) is 21.1. The van der Waals surface area contributed by atoms with Gasteiger partial charge >= 0.3 is 0 Å².